The number of hydrogen-bond acceptors (Lipinski definition) is 5. The predicted molar refractivity (Wildman–Crippen MR) is 117 cm³/mol. The van der Waals surface area contributed by atoms with E-state index in [2.05, 4.69) is 25.0 Å². The van der Waals surface area contributed by atoms with Crippen molar-refractivity contribution in [3.05, 3.63) is 41.8 Å². The van der Waals surface area contributed by atoms with Gasteiger partial charge in [-0.2, -0.15) is 0 Å². The molecule has 0 amide bonds. The minimum atomic E-state index is -3.16. The molecule has 0 bridgehead atoms. The largest absolute Gasteiger partial charge is 0.367 e. The van der Waals surface area contributed by atoms with Gasteiger partial charge in [-0.05, 0) is 62.4 Å². The van der Waals surface area contributed by atoms with Gasteiger partial charge in [0.25, 0.3) is 0 Å². The Bertz CT molecular complexity index is 1110. The minimum absolute atomic E-state index is 0.0135. The third-order valence-electron chi connectivity index (χ3n) is 5.36. The molecular formula is C20H24ClN5O2S. The highest BCUT2D eigenvalue weighted by atomic mass is 35.5. The number of H-pyrrole nitrogens is 1. The lowest BCUT2D eigenvalue weighted by Gasteiger charge is -2.29. The summed E-state index contributed by atoms with van der Waals surface area (Å²) in [5, 5.41) is 4.93. The predicted octanol–water partition coefficient (Wildman–Crippen LogP) is 3.94. The zero-order valence-electron chi connectivity index (χ0n) is 16.2. The quantitative estimate of drug-likeness (QED) is 0.511. The van der Waals surface area contributed by atoms with Gasteiger partial charge in [0.1, 0.15) is 16.6 Å². The Morgan fingerprint density at radius 1 is 1.21 bits per heavy atom. The van der Waals surface area contributed by atoms with E-state index in [0.717, 1.165) is 53.7 Å². The maximum atomic E-state index is 11.8. The van der Waals surface area contributed by atoms with Gasteiger partial charge in [-0.1, -0.05) is 11.6 Å². The molecule has 0 spiro atoms. The number of sulfonamides is 1. The normalized spacial score (nSPS) is 20.1. The minimum Gasteiger partial charge on any atom is -0.367 e. The average molecular weight is 434 g/mol. The van der Waals surface area contributed by atoms with Crippen LogP contribution in [0.15, 0.2) is 36.7 Å². The van der Waals surface area contributed by atoms with Crippen LogP contribution in [0.5, 0.6) is 0 Å². The van der Waals surface area contributed by atoms with E-state index in [-0.39, 0.29) is 17.8 Å². The molecule has 7 nitrogen and oxygen atoms in total. The number of hydrogen-bond donors (Lipinski definition) is 3. The number of nitrogens with zero attached hydrogens (tertiary/aromatic N) is 2. The average Bonchev–Trinajstić information content (AvgIpc) is 3.13. The van der Waals surface area contributed by atoms with Gasteiger partial charge in [-0.25, -0.2) is 23.1 Å². The van der Waals surface area contributed by atoms with Crippen molar-refractivity contribution in [2.75, 3.05) is 11.1 Å². The molecule has 1 aliphatic rings. The molecule has 0 aromatic carbocycles. The molecule has 1 fully saturated rings. The number of anilines is 1. The summed E-state index contributed by atoms with van der Waals surface area (Å²) in [7, 11) is -3.16. The molecule has 0 unspecified atom stereocenters. The molecule has 3 heterocycles. The van der Waals surface area contributed by atoms with E-state index in [9.17, 15) is 8.42 Å². The molecule has 0 radical (unpaired) electrons. The number of aromatic nitrogens is 3. The molecule has 3 aromatic heterocycles. The fourth-order valence-corrected chi connectivity index (χ4v) is 4.94. The van der Waals surface area contributed by atoms with Crippen LogP contribution in [-0.4, -0.2) is 41.2 Å². The lowest BCUT2D eigenvalue weighted by Crippen LogP contribution is -2.40. The summed E-state index contributed by atoms with van der Waals surface area (Å²) >= 11 is 6.29. The molecule has 0 atom stereocenters. The van der Waals surface area contributed by atoms with E-state index in [0.29, 0.717) is 5.15 Å². The number of rotatable bonds is 6. The van der Waals surface area contributed by atoms with E-state index in [1.807, 2.05) is 30.5 Å². The van der Waals surface area contributed by atoms with Crippen LogP contribution in [0.25, 0.3) is 22.2 Å². The summed E-state index contributed by atoms with van der Waals surface area (Å²) in [6, 6.07) is 8.02. The van der Waals surface area contributed by atoms with Crippen molar-refractivity contribution in [1.82, 2.24) is 19.7 Å². The number of nitrogens with one attached hydrogen (secondary N) is 3. The fourth-order valence-electron chi connectivity index (χ4n) is 3.82. The van der Waals surface area contributed by atoms with Crippen LogP contribution in [0.4, 0.5) is 5.82 Å². The van der Waals surface area contributed by atoms with Crippen molar-refractivity contribution < 1.29 is 8.42 Å². The van der Waals surface area contributed by atoms with E-state index in [1.165, 1.54) is 0 Å². The van der Waals surface area contributed by atoms with Crippen LogP contribution in [0.2, 0.25) is 5.15 Å². The summed E-state index contributed by atoms with van der Waals surface area (Å²) < 4.78 is 26.3. The fraction of sp³-hybridized carbons (Fsp3) is 0.400. The summed E-state index contributed by atoms with van der Waals surface area (Å²) in [5.74, 6) is 0.840. The first-order valence-electron chi connectivity index (χ1n) is 9.80. The van der Waals surface area contributed by atoms with E-state index >= 15 is 0 Å². The van der Waals surface area contributed by atoms with E-state index < -0.39 is 10.0 Å². The Balaban J connectivity index is 1.47. The summed E-state index contributed by atoms with van der Waals surface area (Å²) in [6.07, 6.45) is 7.04. The van der Waals surface area contributed by atoms with Crippen LogP contribution in [0.1, 0.15) is 32.6 Å². The highest BCUT2D eigenvalue weighted by molar-refractivity contribution is 7.89. The molecule has 9 heteroatoms. The first-order chi connectivity index (χ1) is 13.9. The lowest BCUT2D eigenvalue weighted by atomic mass is 9.92. The Kier molecular flexibility index (Phi) is 5.76. The highest BCUT2D eigenvalue weighted by Crippen LogP contribution is 2.31. The second kappa shape index (κ2) is 8.30. The number of fused-ring (bicyclic) bond motifs is 1. The van der Waals surface area contributed by atoms with Gasteiger partial charge >= 0.3 is 0 Å². The summed E-state index contributed by atoms with van der Waals surface area (Å²) in [5.41, 5.74) is 2.83. The highest BCUT2D eigenvalue weighted by Gasteiger charge is 2.24. The zero-order chi connectivity index (χ0) is 20.4. The monoisotopic (exact) mass is 433 g/mol. The summed E-state index contributed by atoms with van der Waals surface area (Å²) in [4.78, 5) is 11.9. The Hall–Kier alpha value is -2.16. The van der Waals surface area contributed by atoms with Gasteiger partial charge in [0.2, 0.25) is 10.0 Å². The summed E-state index contributed by atoms with van der Waals surface area (Å²) in [6.45, 7) is 1.65. The Labute approximate surface area is 175 Å². The molecular weight excluding hydrogens is 410 g/mol. The third kappa shape index (κ3) is 4.71. The van der Waals surface area contributed by atoms with Gasteiger partial charge in [0, 0.05) is 35.4 Å². The molecule has 3 N–H and O–H groups in total. The Morgan fingerprint density at radius 2 is 1.97 bits per heavy atom. The molecule has 154 valence electrons. The van der Waals surface area contributed by atoms with Gasteiger partial charge in [0.15, 0.2) is 0 Å². The molecule has 1 aliphatic carbocycles. The SMILES string of the molecule is CCS(=O)(=O)N[C@H]1CC[C@H](Nc2cc(-c3c[nH]c4ncccc34)cc(Cl)n2)CC1. The molecule has 0 aliphatic heterocycles. The second-order valence-electron chi connectivity index (χ2n) is 7.38. The maximum Gasteiger partial charge on any atom is 0.211 e. The molecule has 3 aromatic rings. The second-order valence-corrected chi connectivity index (χ2v) is 9.81. The van der Waals surface area contributed by atoms with Crippen LogP contribution in [-0.2, 0) is 10.0 Å². The van der Waals surface area contributed by atoms with E-state index in [4.69, 9.17) is 11.6 Å². The van der Waals surface area contributed by atoms with Crippen molar-refractivity contribution in [3.8, 4) is 11.1 Å². The van der Waals surface area contributed by atoms with E-state index in [1.54, 1.807) is 13.1 Å². The van der Waals surface area contributed by atoms with Crippen molar-refractivity contribution >= 4 is 38.5 Å². The molecule has 29 heavy (non-hydrogen) atoms. The van der Waals surface area contributed by atoms with Gasteiger partial charge in [-0.15, -0.1) is 0 Å². The van der Waals surface area contributed by atoms with Crippen molar-refractivity contribution in [3.63, 3.8) is 0 Å². The molecule has 1 saturated carbocycles. The standard InChI is InChI=1S/C20H24ClN5O2S/c1-2-29(27,28)26-15-7-5-14(6-8-15)24-19-11-13(10-18(21)25-19)17-12-23-20-16(17)4-3-9-22-20/h3-4,9-12,14-15,26H,2,5-8H2,1H3,(H,22,23)(H,24,25)/t14-,15-. The topological polar surface area (TPSA) is 99.8 Å². The van der Waals surface area contributed by atoms with Gasteiger partial charge < -0.3 is 10.3 Å². The third-order valence-corrected chi connectivity index (χ3v) is 7.01. The van der Waals surface area contributed by atoms with Crippen LogP contribution in [0, 0.1) is 0 Å². The number of aromatic amines is 1. The molecule has 0 saturated heterocycles. The van der Waals surface area contributed by atoms with Gasteiger partial charge in [-0.3, -0.25) is 0 Å². The lowest BCUT2D eigenvalue weighted by molar-refractivity contribution is 0.387. The smallest absolute Gasteiger partial charge is 0.211 e. The molecule has 4 rings (SSSR count). The zero-order valence-corrected chi connectivity index (χ0v) is 17.7. The van der Waals surface area contributed by atoms with Crippen LogP contribution < -0.4 is 10.0 Å². The van der Waals surface area contributed by atoms with Crippen molar-refractivity contribution in [2.24, 2.45) is 0 Å². The van der Waals surface area contributed by atoms with Crippen LogP contribution in [0.3, 0.4) is 0 Å². The maximum absolute atomic E-state index is 11.8. The Morgan fingerprint density at radius 3 is 2.72 bits per heavy atom. The van der Waals surface area contributed by atoms with Crippen LogP contribution >= 0.6 is 11.6 Å². The number of halogens is 1. The van der Waals surface area contributed by atoms with Crippen molar-refractivity contribution in [2.45, 2.75) is 44.7 Å². The van der Waals surface area contributed by atoms with Crippen molar-refractivity contribution in [1.29, 1.82) is 0 Å². The first-order valence-corrected chi connectivity index (χ1v) is 11.8. The van der Waals surface area contributed by atoms with Gasteiger partial charge in [0.05, 0.1) is 5.75 Å². The first kappa shape index (κ1) is 20.1. The number of pyridine rings is 2.